The Hall–Kier alpha value is -1.03. The zero-order chi connectivity index (χ0) is 14.9. The molecular weight excluding hydrogens is 274 g/mol. The zero-order valence-corrected chi connectivity index (χ0v) is 13.2. The third-order valence-corrected chi connectivity index (χ3v) is 4.71. The molecule has 1 atom stereocenters. The van der Waals surface area contributed by atoms with Crippen molar-refractivity contribution in [1.82, 2.24) is 4.90 Å². The van der Waals surface area contributed by atoms with Gasteiger partial charge < -0.3 is 14.4 Å². The molecule has 0 radical (unpaired) electrons. The van der Waals surface area contributed by atoms with E-state index in [1.807, 2.05) is 32.3 Å². The lowest BCUT2D eigenvalue weighted by atomic mass is 9.84. The van der Waals surface area contributed by atoms with Crippen molar-refractivity contribution >= 4 is 22.6 Å². The van der Waals surface area contributed by atoms with Crippen LogP contribution in [-0.2, 0) is 0 Å². The van der Waals surface area contributed by atoms with E-state index in [0.29, 0.717) is 16.4 Å². The van der Waals surface area contributed by atoms with E-state index in [9.17, 15) is 5.11 Å². The minimum atomic E-state index is -0.684. The highest BCUT2D eigenvalue weighted by Gasteiger charge is 2.39. The molecule has 2 aromatic rings. The molecule has 0 aliphatic carbocycles. The van der Waals surface area contributed by atoms with Crippen molar-refractivity contribution in [3.63, 3.8) is 0 Å². The number of rotatable bonds is 5. The molecule has 0 spiro atoms. The standard InChI is InChI=1S/C16H22ClNO2/c1-5-16(6-2,18(3)4)15(19)13-10-11-8-7-9-12(17)14(11)20-13/h7-10,15,19H,5-6H2,1-4H3. The Balaban J connectivity index is 2.49. The highest BCUT2D eigenvalue weighted by Crippen LogP contribution is 2.39. The number of fused-ring (bicyclic) bond motifs is 1. The monoisotopic (exact) mass is 295 g/mol. The minimum absolute atomic E-state index is 0.333. The summed E-state index contributed by atoms with van der Waals surface area (Å²) in [5.74, 6) is 0.575. The molecule has 1 heterocycles. The van der Waals surface area contributed by atoms with Gasteiger partial charge in [0.2, 0.25) is 0 Å². The van der Waals surface area contributed by atoms with Gasteiger partial charge >= 0.3 is 0 Å². The Morgan fingerprint density at radius 3 is 2.45 bits per heavy atom. The van der Waals surface area contributed by atoms with Crippen LogP contribution < -0.4 is 0 Å². The molecular formula is C16H22ClNO2. The molecule has 1 unspecified atom stereocenters. The Bertz CT molecular complexity index is 587. The van der Waals surface area contributed by atoms with Gasteiger partial charge in [0.1, 0.15) is 11.9 Å². The molecule has 0 amide bonds. The summed E-state index contributed by atoms with van der Waals surface area (Å²) in [6.45, 7) is 4.17. The predicted octanol–water partition coefficient (Wildman–Crippen LogP) is 4.24. The van der Waals surface area contributed by atoms with Crippen LogP contribution in [0.25, 0.3) is 11.0 Å². The summed E-state index contributed by atoms with van der Waals surface area (Å²) in [6, 6.07) is 7.50. The molecule has 0 saturated carbocycles. The average molecular weight is 296 g/mol. The van der Waals surface area contributed by atoms with E-state index in [4.69, 9.17) is 16.0 Å². The molecule has 110 valence electrons. The van der Waals surface area contributed by atoms with Crippen molar-refractivity contribution < 1.29 is 9.52 Å². The molecule has 1 aromatic heterocycles. The number of benzene rings is 1. The number of likely N-dealkylation sites (N-methyl/N-ethyl adjacent to an activating group) is 1. The third kappa shape index (κ3) is 2.34. The maximum absolute atomic E-state index is 10.8. The van der Waals surface area contributed by atoms with E-state index in [2.05, 4.69) is 18.7 Å². The number of furan rings is 1. The van der Waals surface area contributed by atoms with Crippen LogP contribution in [0.15, 0.2) is 28.7 Å². The number of nitrogens with zero attached hydrogens (tertiary/aromatic N) is 1. The van der Waals surface area contributed by atoms with E-state index in [1.165, 1.54) is 0 Å². The van der Waals surface area contributed by atoms with Gasteiger partial charge in [0.15, 0.2) is 5.58 Å². The second-order valence-electron chi connectivity index (χ2n) is 5.41. The Morgan fingerprint density at radius 2 is 1.95 bits per heavy atom. The predicted molar refractivity (Wildman–Crippen MR) is 83.2 cm³/mol. The topological polar surface area (TPSA) is 36.6 Å². The lowest BCUT2D eigenvalue weighted by Gasteiger charge is -2.41. The molecule has 20 heavy (non-hydrogen) atoms. The Kier molecular flexibility index (Phi) is 4.43. The van der Waals surface area contributed by atoms with Crippen molar-refractivity contribution in [2.24, 2.45) is 0 Å². The summed E-state index contributed by atoms with van der Waals surface area (Å²) >= 11 is 6.13. The van der Waals surface area contributed by atoms with Gasteiger partial charge in [-0.1, -0.05) is 37.6 Å². The molecule has 0 bridgehead atoms. The summed E-state index contributed by atoms with van der Waals surface area (Å²) in [6.07, 6.45) is 0.987. The Labute approximate surface area is 125 Å². The third-order valence-electron chi connectivity index (χ3n) is 4.41. The van der Waals surface area contributed by atoms with Gasteiger partial charge in [-0.05, 0) is 39.1 Å². The average Bonchev–Trinajstić information content (AvgIpc) is 2.85. The lowest BCUT2D eigenvalue weighted by Crippen LogP contribution is -2.48. The largest absolute Gasteiger partial charge is 0.457 e. The van der Waals surface area contributed by atoms with Gasteiger partial charge in [0, 0.05) is 5.39 Å². The number of halogens is 1. The van der Waals surface area contributed by atoms with Crippen LogP contribution in [0, 0.1) is 0 Å². The summed E-state index contributed by atoms with van der Waals surface area (Å²) in [5.41, 5.74) is 0.309. The molecule has 4 heteroatoms. The Morgan fingerprint density at radius 1 is 1.30 bits per heavy atom. The van der Waals surface area contributed by atoms with Crippen LogP contribution in [-0.4, -0.2) is 29.6 Å². The van der Waals surface area contributed by atoms with Crippen molar-refractivity contribution in [2.45, 2.75) is 38.3 Å². The van der Waals surface area contributed by atoms with Crippen LogP contribution in [0.4, 0.5) is 0 Å². The van der Waals surface area contributed by atoms with Gasteiger partial charge in [-0.2, -0.15) is 0 Å². The molecule has 3 nitrogen and oxygen atoms in total. The fourth-order valence-corrected chi connectivity index (χ4v) is 3.18. The van der Waals surface area contributed by atoms with Gasteiger partial charge in [0.05, 0.1) is 10.6 Å². The molecule has 2 rings (SSSR count). The van der Waals surface area contributed by atoms with Gasteiger partial charge in [0.25, 0.3) is 0 Å². The van der Waals surface area contributed by atoms with E-state index in [0.717, 1.165) is 18.2 Å². The summed E-state index contributed by atoms with van der Waals surface area (Å²) < 4.78 is 5.81. The molecule has 0 fully saturated rings. The second kappa shape index (κ2) is 5.76. The second-order valence-corrected chi connectivity index (χ2v) is 5.82. The van der Waals surface area contributed by atoms with Gasteiger partial charge in [-0.25, -0.2) is 0 Å². The summed E-state index contributed by atoms with van der Waals surface area (Å²) in [5, 5.41) is 12.3. The van der Waals surface area contributed by atoms with Crippen LogP contribution in [0.5, 0.6) is 0 Å². The number of para-hydroxylation sites is 1. The number of aliphatic hydroxyl groups excluding tert-OH is 1. The fourth-order valence-electron chi connectivity index (χ4n) is 2.96. The zero-order valence-electron chi connectivity index (χ0n) is 12.5. The first-order valence-electron chi connectivity index (χ1n) is 6.99. The normalized spacial score (nSPS) is 14.2. The van der Waals surface area contributed by atoms with Crippen molar-refractivity contribution in [3.8, 4) is 0 Å². The molecule has 1 N–H and O–H groups in total. The molecule has 0 aliphatic heterocycles. The van der Waals surface area contributed by atoms with E-state index in [-0.39, 0.29) is 5.54 Å². The van der Waals surface area contributed by atoms with Crippen molar-refractivity contribution in [1.29, 1.82) is 0 Å². The first-order valence-corrected chi connectivity index (χ1v) is 7.37. The number of hydrogen-bond donors (Lipinski definition) is 1. The summed E-state index contributed by atoms with van der Waals surface area (Å²) in [4.78, 5) is 2.08. The molecule has 0 saturated heterocycles. The highest BCUT2D eigenvalue weighted by molar-refractivity contribution is 6.34. The number of hydrogen-bond acceptors (Lipinski definition) is 3. The highest BCUT2D eigenvalue weighted by atomic mass is 35.5. The van der Waals surface area contributed by atoms with E-state index >= 15 is 0 Å². The molecule has 0 aliphatic rings. The van der Waals surface area contributed by atoms with Crippen LogP contribution in [0.3, 0.4) is 0 Å². The first-order chi connectivity index (χ1) is 9.46. The smallest absolute Gasteiger partial charge is 0.152 e. The van der Waals surface area contributed by atoms with E-state index in [1.54, 1.807) is 6.07 Å². The van der Waals surface area contributed by atoms with Crippen molar-refractivity contribution in [3.05, 3.63) is 35.0 Å². The van der Waals surface area contributed by atoms with Crippen molar-refractivity contribution in [2.75, 3.05) is 14.1 Å². The lowest BCUT2D eigenvalue weighted by molar-refractivity contribution is -0.0259. The van der Waals surface area contributed by atoms with Crippen LogP contribution >= 0.6 is 11.6 Å². The molecule has 1 aromatic carbocycles. The minimum Gasteiger partial charge on any atom is -0.457 e. The van der Waals surface area contributed by atoms with Gasteiger partial charge in [-0.15, -0.1) is 0 Å². The quantitative estimate of drug-likeness (QED) is 0.896. The van der Waals surface area contributed by atoms with Crippen LogP contribution in [0.2, 0.25) is 5.02 Å². The maximum Gasteiger partial charge on any atom is 0.152 e. The SMILES string of the molecule is CCC(CC)(C(O)c1cc2cccc(Cl)c2o1)N(C)C. The first kappa shape index (κ1) is 15.4. The van der Waals surface area contributed by atoms with Crippen LogP contribution in [0.1, 0.15) is 38.6 Å². The maximum atomic E-state index is 10.8. The summed E-state index contributed by atoms with van der Waals surface area (Å²) in [7, 11) is 3.98. The number of aliphatic hydroxyl groups is 1. The van der Waals surface area contributed by atoms with Gasteiger partial charge in [-0.3, -0.25) is 0 Å². The fraction of sp³-hybridized carbons (Fsp3) is 0.500. The van der Waals surface area contributed by atoms with E-state index < -0.39 is 6.10 Å².